The van der Waals surface area contributed by atoms with Crippen LogP contribution in [0.2, 0.25) is 0 Å². The zero-order valence-corrected chi connectivity index (χ0v) is 12.6. The first-order chi connectivity index (χ1) is 9.47. The fourth-order valence-corrected chi connectivity index (χ4v) is 2.57. The summed E-state index contributed by atoms with van der Waals surface area (Å²) >= 11 is 0. The Bertz CT molecular complexity index is 545. The maximum Gasteiger partial charge on any atom is 0.133 e. The van der Waals surface area contributed by atoms with Gasteiger partial charge in [-0.1, -0.05) is 35.0 Å². The lowest BCUT2D eigenvalue weighted by molar-refractivity contribution is 0.205. The van der Waals surface area contributed by atoms with Crippen LogP contribution in [0.1, 0.15) is 35.5 Å². The summed E-state index contributed by atoms with van der Waals surface area (Å²) in [5, 5.41) is 4.05. The van der Waals surface area contributed by atoms with E-state index in [0.717, 1.165) is 18.0 Å². The molecule has 2 rings (SSSR count). The van der Waals surface area contributed by atoms with Gasteiger partial charge in [-0.05, 0) is 33.4 Å². The van der Waals surface area contributed by atoms with Gasteiger partial charge in [-0.3, -0.25) is 4.90 Å². The van der Waals surface area contributed by atoms with E-state index < -0.39 is 0 Å². The molecule has 0 aliphatic carbocycles. The number of nitrogens with two attached hydrogens (primary N) is 1. The SMILES string of the molecule is Cc1ccc(C(C(C)N)N(C)Cc2cc(C)on2)cc1. The molecule has 0 fully saturated rings. The van der Waals surface area contributed by atoms with Crippen molar-refractivity contribution in [2.45, 2.75) is 39.4 Å². The third-order valence-electron chi connectivity index (χ3n) is 3.48. The molecule has 1 aromatic carbocycles. The molecule has 0 aliphatic heterocycles. The van der Waals surface area contributed by atoms with Crippen molar-refractivity contribution in [3.05, 3.63) is 52.9 Å². The predicted octanol–water partition coefficient (Wildman–Crippen LogP) is 2.81. The highest BCUT2D eigenvalue weighted by Gasteiger charge is 2.22. The average Bonchev–Trinajstić information content (AvgIpc) is 2.77. The van der Waals surface area contributed by atoms with Gasteiger partial charge in [-0.15, -0.1) is 0 Å². The zero-order chi connectivity index (χ0) is 14.7. The maximum absolute atomic E-state index is 6.18. The Balaban J connectivity index is 2.17. The third kappa shape index (κ3) is 3.46. The number of benzene rings is 1. The van der Waals surface area contributed by atoms with Gasteiger partial charge in [-0.2, -0.15) is 0 Å². The molecule has 108 valence electrons. The Morgan fingerprint density at radius 2 is 1.90 bits per heavy atom. The minimum absolute atomic E-state index is 0.0377. The van der Waals surface area contributed by atoms with Crippen LogP contribution in [0.3, 0.4) is 0 Å². The van der Waals surface area contributed by atoms with Crippen molar-refractivity contribution in [2.24, 2.45) is 5.73 Å². The highest BCUT2D eigenvalue weighted by atomic mass is 16.5. The Labute approximate surface area is 120 Å². The van der Waals surface area contributed by atoms with Crippen LogP contribution in [0.25, 0.3) is 0 Å². The van der Waals surface area contributed by atoms with Crippen molar-refractivity contribution in [1.82, 2.24) is 10.1 Å². The van der Waals surface area contributed by atoms with E-state index in [1.165, 1.54) is 11.1 Å². The molecule has 2 aromatic rings. The van der Waals surface area contributed by atoms with Gasteiger partial charge < -0.3 is 10.3 Å². The van der Waals surface area contributed by atoms with E-state index in [1.807, 2.05) is 19.9 Å². The summed E-state index contributed by atoms with van der Waals surface area (Å²) in [4.78, 5) is 2.21. The van der Waals surface area contributed by atoms with Crippen LogP contribution < -0.4 is 5.73 Å². The summed E-state index contributed by atoms with van der Waals surface area (Å²) in [7, 11) is 2.07. The Hall–Kier alpha value is -1.65. The molecule has 2 unspecified atom stereocenters. The number of aromatic nitrogens is 1. The predicted molar refractivity (Wildman–Crippen MR) is 80.3 cm³/mol. The van der Waals surface area contributed by atoms with Gasteiger partial charge >= 0.3 is 0 Å². The van der Waals surface area contributed by atoms with Crippen LogP contribution >= 0.6 is 0 Å². The molecule has 1 aromatic heterocycles. The number of likely N-dealkylation sites (N-methyl/N-ethyl adjacent to an activating group) is 1. The molecular weight excluding hydrogens is 250 g/mol. The van der Waals surface area contributed by atoms with Gasteiger partial charge in [0.05, 0.1) is 5.69 Å². The van der Waals surface area contributed by atoms with Crippen molar-refractivity contribution in [3.8, 4) is 0 Å². The first-order valence-electron chi connectivity index (χ1n) is 6.92. The van der Waals surface area contributed by atoms with E-state index in [2.05, 4.69) is 48.3 Å². The minimum atomic E-state index is 0.0377. The van der Waals surface area contributed by atoms with Crippen molar-refractivity contribution in [2.75, 3.05) is 7.05 Å². The van der Waals surface area contributed by atoms with Crippen LogP contribution in [0.15, 0.2) is 34.9 Å². The summed E-state index contributed by atoms with van der Waals surface area (Å²) in [6.45, 7) is 6.75. The highest BCUT2D eigenvalue weighted by molar-refractivity contribution is 5.25. The number of nitrogens with zero attached hydrogens (tertiary/aromatic N) is 2. The lowest BCUT2D eigenvalue weighted by atomic mass is 9.98. The van der Waals surface area contributed by atoms with Crippen LogP contribution in [0.4, 0.5) is 0 Å². The number of aryl methyl sites for hydroxylation is 2. The van der Waals surface area contributed by atoms with Gasteiger partial charge in [0, 0.05) is 24.7 Å². The molecule has 0 saturated carbocycles. The first kappa shape index (κ1) is 14.8. The second-order valence-corrected chi connectivity index (χ2v) is 5.56. The zero-order valence-electron chi connectivity index (χ0n) is 12.6. The smallest absolute Gasteiger partial charge is 0.133 e. The van der Waals surface area contributed by atoms with E-state index in [9.17, 15) is 0 Å². The molecule has 0 radical (unpaired) electrons. The first-order valence-corrected chi connectivity index (χ1v) is 6.92. The van der Waals surface area contributed by atoms with Gasteiger partial charge in [0.25, 0.3) is 0 Å². The summed E-state index contributed by atoms with van der Waals surface area (Å²) in [6, 6.07) is 10.7. The quantitative estimate of drug-likeness (QED) is 0.910. The standard InChI is InChI=1S/C16H23N3O/c1-11-5-7-14(8-6-11)16(13(3)17)19(4)10-15-9-12(2)20-18-15/h5-9,13,16H,10,17H2,1-4H3. The van der Waals surface area contributed by atoms with Crippen molar-refractivity contribution in [1.29, 1.82) is 0 Å². The van der Waals surface area contributed by atoms with Crippen LogP contribution in [0, 0.1) is 13.8 Å². The maximum atomic E-state index is 6.18. The second kappa shape index (κ2) is 6.20. The number of hydrogen-bond acceptors (Lipinski definition) is 4. The molecule has 0 bridgehead atoms. The van der Waals surface area contributed by atoms with Gasteiger partial charge in [0.1, 0.15) is 5.76 Å². The molecule has 4 heteroatoms. The lowest BCUT2D eigenvalue weighted by Gasteiger charge is -2.31. The fraction of sp³-hybridized carbons (Fsp3) is 0.438. The molecule has 20 heavy (non-hydrogen) atoms. The summed E-state index contributed by atoms with van der Waals surface area (Å²) in [5.74, 6) is 0.834. The van der Waals surface area contributed by atoms with Crippen LogP contribution in [-0.2, 0) is 6.54 Å². The molecule has 1 heterocycles. The van der Waals surface area contributed by atoms with Gasteiger partial charge in [0.15, 0.2) is 0 Å². The average molecular weight is 273 g/mol. The summed E-state index contributed by atoms with van der Waals surface area (Å²) in [6.07, 6.45) is 0. The van der Waals surface area contributed by atoms with Crippen LogP contribution in [-0.4, -0.2) is 23.1 Å². The molecule has 0 saturated heterocycles. The lowest BCUT2D eigenvalue weighted by Crippen LogP contribution is -2.37. The Kier molecular flexibility index (Phi) is 4.57. The normalized spacial score (nSPS) is 14.5. The van der Waals surface area contributed by atoms with Crippen molar-refractivity contribution < 1.29 is 4.52 Å². The fourth-order valence-electron chi connectivity index (χ4n) is 2.57. The monoisotopic (exact) mass is 273 g/mol. The Morgan fingerprint density at radius 1 is 1.25 bits per heavy atom. The van der Waals surface area contributed by atoms with Gasteiger partial charge in [-0.25, -0.2) is 0 Å². The van der Waals surface area contributed by atoms with Crippen LogP contribution in [0.5, 0.6) is 0 Å². The summed E-state index contributed by atoms with van der Waals surface area (Å²) < 4.78 is 5.12. The third-order valence-corrected chi connectivity index (χ3v) is 3.48. The van der Waals surface area contributed by atoms with E-state index in [4.69, 9.17) is 10.3 Å². The summed E-state index contributed by atoms with van der Waals surface area (Å²) in [5.41, 5.74) is 9.60. The molecular formula is C16H23N3O. The molecule has 0 spiro atoms. The van der Waals surface area contributed by atoms with Crippen molar-refractivity contribution >= 4 is 0 Å². The largest absolute Gasteiger partial charge is 0.361 e. The molecule has 0 aliphatic rings. The number of hydrogen-bond donors (Lipinski definition) is 1. The highest BCUT2D eigenvalue weighted by Crippen LogP contribution is 2.24. The Morgan fingerprint density at radius 3 is 2.40 bits per heavy atom. The molecule has 0 amide bonds. The number of rotatable bonds is 5. The van der Waals surface area contributed by atoms with Crippen molar-refractivity contribution in [3.63, 3.8) is 0 Å². The van der Waals surface area contributed by atoms with Gasteiger partial charge in [0.2, 0.25) is 0 Å². The van der Waals surface area contributed by atoms with E-state index in [-0.39, 0.29) is 12.1 Å². The second-order valence-electron chi connectivity index (χ2n) is 5.56. The molecule has 2 N–H and O–H groups in total. The van der Waals surface area contributed by atoms with E-state index in [0.29, 0.717) is 0 Å². The minimum Gasteiger partial charge on any atom is -0.361 e. The van der Waals surface area contributed by atoms with E-state index in [1.54, 1.807) is 0 Å². The van der Waals surface area contributed by atoms with E-state index >= 15 is 0 Å². The topological polar surface area (TPSA) is 55.3 Å². The molecule has 2 atom stereocenters. The molecule has 4 nitrogen and oxygen atoms in total.